The van der Waals surface area contributed by atoms with Crippen LogP contribution in [-0.4, -0.2) is 39.9 Å². The minimum absolute atomic E-state index is 0.109. The van der Waals surface area contributed by atoms with Crippen LogP contribution in [0, 0.1) is 10.1 Å². The van der Waals surface area contributed by atoms with Gasteiger partial charge in [0, 0.05) is 23.9 Å². The van der Waals surface area contributed by atoms with Gasteiger partial charge in [-0.2, -0.15) is 11.8 Å². The standard InChI is InChI=1S/C13H20N4O3S/c1-5-14-11-10(6-9(7-15-11)17(19)20)12(18)16-8-13(2,3)21-4/h6-7H,5,8H2,1-4H3,(H,14,15)(H,16,18). The van der Waals surface area contributed by atoms with Gasteiger partial charge in [-0.25, -0.2) is 4.98 Å². The van der Waals surface area contributed by atoms with Crippen LogP contribution in [0.4, 0.5) is 11.5 Å². The number of hydrogen-bond donors (Lipinski definition) is 2. The predicted molar refractivity (Wildman–Crippen MR) is 85.0 cm³/mol. The molecule has 0 unspecified atom stereocenters. The lowest BCUT2D eigenvalue weighted by Crippen LogP contribution is -2.36. The van der Waals surface area contributed by atoms with Crippen molar-refractivity contribution in [3.05, 3.63) is 27.9 Å². The van der Waals surface area contributed by atoms with E-state index in [4.69, 9.17) is 0 Å². The molecule has 0 spiro atoms. The first kappa shape index (κ1) is 17.2. The zero-order valence-corrected chi connectivity index (χ0v) is 13.4. The Morgan fingerprint density at radius 2 is 2.19 bits per heavy atom. The van der Waals surface area contributed by atoms with Crippen LogP contribution in [0.1, 0.15) is 31.1 Å². The Balaban J connectivity index is 2.99. The van der Waals surface area contributed by atoms with E-state index in [1.54, 1.807) is 11.8 Å². The van der Waals surface area contributed by atoms with E-state index in [9.17, 15) is 14.9 Å². The second-order valence-electron chi connectivity index (χ2n) is 5.02. The molecule has 1 aromatic rings. The summed E-state index contributed by atoms with van der Waals surface area (Å²) in [4.78, 5) is 26.5. The molecular formula is C13H20N4O3S. The maximum Gasteiger partial charge on any atom is 0.288 e. The topological polar surface area (TPSA) is 97.2 Å². The summed E-state index contributed by atoms with van der Waals surface area (Å²) in [6.07, 6.45) is 3.10. The molecule has 0 aliphatic rings. The number of pyridine rings is 1. The van der Waals surface area contributed by atoms with Crippen molar-refractivity contribution in [3.63, 3.8) is 0 Å². The third kappa shape index (κ3) is 4.89. The van der Waals surface area contributed by atoms with Crippen LogP contribution >= 0.6 is 11.8 Å². The molecule has 1 heterocycles. The molecule has 0 radical (unpaired) electrons. The summed E-state index contributed by atoms with van der Waals surface area (Å²) in [7, 11) is 0. The molecule has 0 saturated carbocycles. The number of aromatic nitrogens is 1. The van der Waals surface area contributed by atoms with Gasteiger partial charge in [0.05, 0.1) is 10.5 Å². The summed E-state index contributed by atoms with van der Waals surface area (Å²) in [5.74, 6) is -0.0215. The quantitative estimate of drug-likeness (QED) is 0.592. The number of thioether (sulfide) groups is 1. The van der Waals surface area contributed by atoms with Gasteiger partial charge in [-0.3, -0.25) is 14.9 Å². The molecule has 116 valence electrons. The minimum atomic E-state index is -0.564. The molecule has 21 heavy (non-hydrogen) atoms. The number of nitrogens with one attached hydrogen (secondary N) is 2. The molecule has 1 aromatic heterocycles. The monoisotopic (exact) mass is 312 g/mol. The maximum absolute atomic E-state index is 12.3. The van der Waals surface area contributed by atoms with Gasteiger partial charge in [-0.1, -0.05) is 0 Å². The molecule has 0 aliphatic heterocycles. The summed E-state index contributed by atoms with van der Waals surface area (Å²) in [6.45, 7) is 6.91. The van der Waals surface area contributed by atoms with Crippen molar-refractivity contribution >= 4 is 29.2 Å². The van der Waals surface area contributed by atoms with Crippen LogP contribution in [0.25, 0.3) is 0 Å². The summed E-state index contributed by atoms with van der Waals surface area (Å²) in [5, 5.41) is 16.5. The summed E-state index contributed by atoms with van der Waals surface area (Å²) in [5.41, 5.74) is -0.0196. The van der Waals surface area contributed by atoms with Gasteiger partial charge in [0.15, 0.2) is 0 Å². The Bertz CT molecular complexity index is 534. The Morgan fingerprint density at radius 3 is 2.71 bits per heavy atom. The fourth-order valence-corrected chi connectivity index (χ4v) is 1.71. The first-order chi connectivity index (χ1) is 9.80. The molecule has 0 fully saturated rings. The van der Waals surface area contributed by atoms with Crippen molar-refractivity contribution in [3.8, 4) is 0 Å². The molecular weight excluding hydrogens is 292 g/mol. The second kappa shape index (κ2) is 7.26. The molecule has 8 heteroatoms. The fraction of sp³-hybridized carbons (Fsp3) is 0.538. The zero-order valence-electron chi connectivity index (χ0n) is 12.6. The second-order valence-corrected chi connectivity index (χ2v) is 6.54. The van der Waals surface area contributed by atoms with Crippen molar-refractivity contribution < 1.29 is 9.72 Å². The third-order valence-electron chi connectivity index (χ3n) is 2.90. The largest absolute Gasteiger partial charge is 0.370 e. The van der Waals surface area contributed by atoms with Gasteiger partial charge in [-0.05, 0) is 27.0 Å². The van der Waals surface area contributed by atoms with Gasteiger partial charge in [0.25, 0.3) is 11.6 Å². The highest BCUT2D eigenvalue weighted by Gasteiger charge is 2.21. The summed E-state index contributed by atoms with van der Waals surface area (Å²) in [6, 6.07) is 1.24. The number of hydrogen-bond acceptors (Lipinski definition) is 6. The molecule has 0 aliphatic carbocycles. The minimum Gasteiger partial charge on any atom is -0.370 e. The van der Waals surface area contributed by atoms with E-state index in [0.717, 1.165) is 6.20 Å². The normalized spacial score (nSPS) is 11.0. The van der Waals surface area contributed by atoms with Crippen LogP contribution in [-0.2, 0) is 0 Å². The van der Waals surface area contributed by atoms with Crippen LogP contribution < -0.4 is 10.6 Å². The lowest BCUT2D eigenvalue weighted by atomic mass is 10.2. The van der Waals surface area contributed by atoms with Crippen molar-refractivity contribution in [1.29, 1.82) is 0 Å². The SMILES string of the molecule is CCNc1ncc([N+](=O)[O-])cc1C(=O)NCC(C)(C)SC. The number of nitro groups is 1. The van der Waals surface area contributed by atoms with E-state index in [1.165, 1.54) is 6.07 Å². The Kier molecular flexibility index (Phi) is 5.95. The zero-order chi connectivity index (χ0) is 16.0. The molecule has 0 bridgehead atoms. The predicted octanol–water partition coefficient (Wildman–Crippen LogP) is 2.29. The van der Waals surface area contributed by atoms with Crippen molar-refractivity contribution in [2.24, 2.45) is 0 Å². The van der Waals surface area contributed by atoms with Gasteiger partial charge < -0.3 is 10.6 Å². The summed E-state index contributed by atoms with van der Waals surface area (Å²) >= 11 is 1.63. The number of anilines is 1. The fourth-order valence-electron chi connectivity index (χ4n) is 1.50. The molecule has 0 atom stereocenters. The highest BCUT2D eigenvalue weighted by atomic mass is 32.2. The van der Waals surface area contributed by atoms with Crippen LogP contribution in [0.5, 0.6) is 0 Å². The van der Waals surface area contributed by atoms with Gasteiger partial charge in [0.2, 0.25) is 0 Å². The highest BCUT2D eigenvalue weighted by Crippen LogP contribution is 2.22. The third-order valence-corrected chi connectivity index (χ3v) is 4.15. The highest BCUT2D eigenvalue weighted by molar-refractivity contribution is 7.99. The number of rotatable bonds is 7. The van der Waals surface area contributed by atoms with Crippen molar-refractivity contribution in [2.75, 3.05) is 24.7 Å². The molecule has 0 saturated heterocycles. The molecule has 2 N–H and O–H groups in total. The van der Waals surface area contributed by atoms with Gasteiger partial charge in [0.1, 0.15) is 12.0 Å². The van der Waals surface area contributed by atoms with E-state index in [0.29, 0.717) is 18.9 Å². The first-order valence-electron chi connectivity index (χ1n) is 6.52. The number of carbonyl (C=O) groups is 1. The summed E-state index contributed by atoms with van der Waals surface area (Å²) < 4.78 is -0.109. The maximum atomic E-state index is 12.3. The van der Waals surface area contributed by atoms with E-state index in [2.05, 4.69) is 15.6 Å². The van der Waals surface area contributed by atoms with Crippen LogP contribution in [0.15, 0.2) is 12.3 Å². The Morgan fingerprint density at radius 1 is 1.52 bits per heavy atom. The average molecular weight is 312 g/mol. The molecule has 1 amide bonds. The van der Waals surface area contributed by atoms with Crippen LogP contribution in [0.3, 0.4) is 0 Å². The molecule has 0 aromatic carbocycles. The lowest BCUT2D eigenvalue weighted by molar-refractivity contribution is -0.385. The Labute approximate surface area is 128 Å². The van der Waals surface area contributed by atoms with Crippen LogP contribution in [0.2, 0.25) is 0 Å². The van der Waals surface area contributed by atoms with Crippen molar-refractivity contribution in [2.45, 2.75) is 25.5 Å². The van der Waals surface area contributed by atoms with E-state index in [-0.39, 0.29) is 21.9 Å². The average Bonchev–Trinajstić information content (AvgIpc) is 2.45. The number of amides is 1. The Hall–Kier alpha value is -1.83. The van der Waals surface area contributed by atoms with E-state index >= 15 is 0 Å². The van der Waals surface area contributed by atoms with E-state index < -0.39 is 4.92 Å². The molecule has 7 nitrogen and oxygen atoms in total. The first-order valence-corrected chi connectivity index (χ1v) is 7.75. The smallest absolute Gasteiger partial charge is 0.288 e. The van der Waals surface area contributed by atoms with Gasteiger partial charge in [-0.15, -0.1) is 0 Å². The van der Waals surface area contributed by atoms with Crippen molar-refractivity contribution in [1.82, 2.24) is 10.3 Å². The lowest BCUT2D eigenvalue weighted by Gasteiger charge is -2.22. The number of nitrogens with zero attached hydrogens (tertiary/aromatic N) is 2. The molecule has 1 rings (SSSR count). The number of carbonyl (C=O) groups excluding carboxylic acids is 1. The van der Waals surface area contributed by atoms with E-state index in [1.807, 2.05) is 27.0 Å². The van der Waals surface area contributed by atoms with Gasteiger partial charge >= 0.3 is 0 Å².